The molecule has 0 saturated carbocycles. The van der Waals surface area contributed by atoms with Gasteiger partial charge in [-0.15, -0.1) is 11.8 Å². The first-order chi connectivity index (χ1) is 19.0. The molecule has 2 heterocycles. The van der Waals surface area contributed by atoms with Crippen molar-refractivity contribution in [1.29, 1.82) is 10.5 Å². The second-order valence-corrected chi connectivity index (χ2v) is 9.78. The molecule has 0 bridgehead atoms. The fourth-order valence-electron chi connectivity index (χ4n) is 4.25. The van der Waals surface area contributed by atoms with E-state index in [1.165, 1.54) is 0 Å². The van der Waals surface area contributed by atoms with Crippen molar-refractivity contribution in [2.45, 2.75) is 45.5 Å². The number of benzene rings is 1. The lowest BCUT2D eigenvalue weighted by atomic mass is 9.91. The third-order valence-electron chi connectivity index (χ3n) is 6.16. The molecule has 1 aromatic heterocycles. The van der Waals surface area contributed by atoms with Crippen LogP contribution in [0.25, 0.3) is 5.57 Å². The van der Waals surface area contributed by atoms with Gasteiger partial charge < -0.3 is 14.4 Å². The molecule has 0 radical (unpaired) electrons. The molecular formula is C30H32F2N4O2S. The molecule has 204 valence electrons. The lowest BCUT2D eigenvalue weighted by Crippen LogP contribution is -2.18. The van der Waals surface area contributed by atoms with Gasteiger partial charge in [0.25, 0.3) is 0 Å². The smallest absolute Gasteiger partial charge is 0.345 e. The van der Waals surface area contributed by atoms with E-state index >= 15 is 0 Å². The van der Waals surface area contributed by atoms with E-state index < -0.39 is 6.61 Å². The van der Waals surface area contributed by atoms with E-state index in [0.29, 0.717) is 33.8 Å². The molecule has 39 heavy (non-hydrogen) atoms. The molecule has 1 saturated heterocycles. The molecule has 3 rings (SSSR count). The zero-order valence-corrected chi connectivity index (χ0v) is 23.0. The van der Waals surface area contributed by atoms with Crippen LogP contribution in [0.2, 0.25) is 0 Å². The molecule has 0 amide bonds. The summed E-state index contributed by atoms with van der Waals surface area (Å²) in [6, 6.07) is 15.7. The van der Waals surface area contributed by atoms with Crippen LogP contribution in [0.15, 0.2) is 76.6 Å². The number of nitriles is 2. The largest absolute Gasteiger partial charge is 0.491 e. The highest BCUT2D eigenvalue weighted by atomic mass is 32.2. The second-order valence-electron chi connectivity index (χ2n) is 8.76. The molecule has 1 aromatic carbocycles. The third-order valence-corrected chi connectivity index (χ3v) is 7.32. The Bertz CT molecular complexity index is 1260. The first-order valence-corrected chi connectivity index (χ1v) is 13.8. The predicted molar refractivity (Wildman–Crippen MR) is 149 cm³/mol. The Balaban J connectivity index is 2.05. The van der Waals surface area contributed by atoms with Gasteiger partial charge in [-0.2, -0.15) is 19.3 Å². The van der Waals surface area contributed by atoms with Gasteiger partial charge in [0.15, 0.2) is 0 Å². The van der Waals surface area contributed by atoms with Gasteiger partial charge in [0.1, 0.15) is 24.5 Å². The Morgan fingerprint density at radius 3 is 2.41 bits per heavy atom. The van der Waals surface area contributed by atoms with Gasteiger partial charge in [0, 0.05) is 47.4 Å². The van der Waals surface area contributed by atoms with Crippen molar-refractivity contribution in [3.63, 3.8) is 0 Å². The zero-order valence-electron chi connectivity index (χ0n) is 22.2. The summed E-state index contributed by atoms with van der Waals surface area (Å²) in [6.07, 6.45) is 8.38. The van der Waals surface area contributed by atoms with Crippen molar-refractivity contribution in [2.24, 2.45) is 0 Å². The van der Waals surface area contributed by atoms with Gasteiger partial charge in [-0.05, 0) is 55.5 Å². The Labute approximate surface area is 233 Å². The molecule has 0 aliphatic carbocycles. The highest BCUT2D eigenvalue weighted by Gasteiger charge is 2.23. The maximum atomic E-state index is 12.2. The summed E-state index contributed by atoms with van der Waals surface area (Å²) < 4.78 is 34.2. The fraction of sp³-hybridized carbons (Fsp3) is 0.367. The van der Waals surface area contributed by atoms with Gasteiger partial charge in [-0.25, -0.2) is 0 Å². The van der Waals surface area contributed by atoms with Gasteiger partial charge in [0.2, 0.25) is 0 Å². The van der Waals surface area contributed by atoms with E-state index in [-0.39, 0.29) is 13.2 Å². The number of aromatic nitrogens is 1. The standard InChI is InChI=1S/C30H32F2N4O2S/c1-3-7-28(39-21-23-8-6-13-35-20-23)27(19-34)29(26(18-33)22(2)36-14-4-5-15-36)24-9-11-25(12-10-24)37-16-17-38-30(31)32/h6-13,20,30H,3-5,14-17,21H2,1-2H3/b26-22+,28-7-,29-27-. The molecule has 0 spiro atoms. The van der Waals surface area contributed by atoms with Gasteiger partial charge in [-0.1, -0.05) is 31.2 Å². The molecule has 1 aliphatic heterocycles. The van der Waals surface area contributed by atoms with Crippen LogP contribution in [-0.4, -0.2) is 42.8 Å². The van der Waals surface area contributed by atoms with Crippen LogP contribution in [0.4, 0.5) is 8.78 Å². The molecule has 1 aliphatic rings. The number of hydrogen-bond acceptors (Lipinski definition) is 7. The maximum Gasteiger partial charge on any atom is 0.345 e. The lowest BCUT2D eigenvalue weighted by molar-refractivity contribution is -0.133. The van der Waals surface area contributed by atoms with Crippen molar-refractivity contribution in [1.82, 2.24) is 9.88 Å². The summed E-state index contributed by atoms with van der Waals surface area (Å²) in [4.78, 5) is 7.18. The van der Waals surface area contributed by atoms with Crippen molar-refractivity contribution in [3.05, 3.63) is 87.7 Å². The van der Waals surface area contributed by atoms with Crippen LogP contribution >= 0.6 is 11.8 Å². The quantitative estimate of drug-likeness (QED) is 0.149. The molecule has 2 aromatic rings. The Hall–Kier alpha value is -3.66. The average Bonchev–Trinajstić information content (AvgIpc) is 3.50. The average molecular weight is 551 g/mol. The van der Waals surface area contributed by atoms with E-state index in [0.717, 1.165) is 48.5 Å². The van der Waals surface area contributed by atoms with Gasteiger partial charge in [0.05, 0.1) is 17.8 Å². The lowest BCUT2D eigenvalue weighted by Gasteiger charge is -2.22. The van der Waals surface area contributed by atoms with Gasteiger partial charge >= 0.3 is 6.61 Å². The second kappa shape index (κ2) is 15.7. The van der Waals surface area contributed by atoms with Crippen LogP contribution in [0, 0.1) is 22.7 Å². The number of likely N-dealkylation sites (tertiary alicyclic amines) is 1. The number of ether oxygens (including phenoxy) is 2. The molecule has 0 atom stereocenters. The van der Waals surface area contributed by atoms with Gasteiger partial charge in [-0.3, -0.25) is 4.98 Å². The molecule has 0 unspecified atom stereocenters. The van der Waals surface area contributed by atoms with Crippen molar-refractivity contribution in [3.8, 4) is 17.9 Å². The monoisotopic (exact) mass is 550 g/mol. The number of allylic oxidation sites excluding steroid dienone is 5. The number of alkyl halides is 2. The predicted octanol–water partition coefficient (Wildman–Crippen LogP) is 7.10. The topological polar surface area (TPSA) is 82.2 Å². The van der Waals surface area contributed by atoms with E-state index in [1.807, 2.05) is 32.1 Å². The van der Waals surface area contributed by atoms with E-state index in [4.69, 9.17) is 4.74 Å². The SMILES string of the molecule is CC/C=C(SCc1cccnc1)/C(C#N)=C(\C(C#N)=C(/C)N1CCCC1)c1ccc(OCCOC(F)F)cc1. The highest BCUT2D eigenvalue weighted by Crippen LogP contribution is 2.38. The normalized spacial score (nSPS) is 14.9. The van der Waals surface area contributed by atoms with Crippen molar-refractivity contribution >= 4 is 17.3 Å². The number of nitrogens with zero attached hydrogens (tertiary/aromatic N) is 4. The first-order valence-electron chi connectivity index (χ1n) is 12.8. The van der Waals surface area contributed by atoms with Crippen molar-refractivity contribution < 1.29 is 18.3 Å². The van der Waals surface area contributed by atoms with Crippen LogP contribution in [0.3, 0.4) is 0 Å². The number of halogens is 2. The van der Waals surface area contributed by atoms with Crippen LogP contribution < -0.4 is 4.74 Å². The maximum absolute atomic E-state index is 12.2. The summed E-state index contributed by atoms with van der Waals surface area (Å²) in [5.74, 6) is 1.10. The Morgan fingerprint density at radius 2 is 1.82 bits per heavy atom. The van der Waals surface area contributed by atoms with Crippen LogP contribution in [0.5, 0.6) is 5.75 Å². The number of thioether (sulfide) groups is 1. The van der Waals surface area contributed by atoms with Crippen molar-refractivity contribution in [2.75, 3.05) is 26.3 Å². The summed E-state index contributed by atoms with van der Waals surface area (Å²) in [7, 11) is 0. The molecule has 0 N–H and O–H groups in total. The molecule has 6 nitrogen and oxygen atoms in total. The molecular weight excluding hydrogens is 518 g/mol. The summed E-state index contributed by atoms with van der Waals surface area (Å²) >= 11 is 1.54. The third kappa shape index (κ3) is 8.68. The Morgan fingerprint density at radius 1 is 1.10 bits per heavy atom. The molecule has 9 heteroatoms. The Kier molecular flexibility index (Phi) is 12.0. The first kappa shape index (κ1) is 29.9. The fourth-order valence-corrected chi connectivity index (χ4v) is 5.32. The van der Waals surface area contributed by atoms with E-state index in [2.05, 4.69) is 26.8 Å². The minimum atomic E-state index is -2.84. The summed E-state index contributed by atoms with van der Waals surface area (Å²) in [5, 5.41) is 20.8. The zero-order chi connectivity index (χ0) is 28.0. The van der Waals surface area contributed by atoms with Crippen LogP contribution in [0.1, 0.15) is 44.2 Å². The van der Waals surface area contributed by atoms with E-state index in [9.17, 15) is 19.3 Å². The number of rotatable bonds is 13. The summed E-state index contributed by atoms with van der Waals surface area (Å²) in [5.41, 5.74) is 4.02. The van der Waals surface area contributed by atoms with Crippen LogP contribution in [-0.2, 0) is 10.5 Å². The number of pyridine rings is 1. The molecule has 1 fully saturated rings. The van der Waals surface area contributed by atoms with E-state index in [1.54, 1.807) is 48.4 Å². The summed E-state index contributed by atoms with van der Waals surface area (Å²) in [6.45, 7) is 2.58. The minimum Gasteiger partial charge on any atom is -0.491 e. The number of hydrogen-bond donors (Lipinski definition) is 0. The minimum absolute atomic E-state index is 0.0262. The highest BCUT2D eigenvalue weighted by molar-refractivity contribution is 8.02.